The van der Waals surface area contributed by atoms with Gasteiger partial charge in [0.05, 0.1) is 5.56 Å². The number of para-hydroxylation sites is 1. The first-order valence-electron chi connectivity index (χ1n) is 9.00. The Morgan fingerprint density at radius 1 is 1.00 bits per heavy atom. The number of rotatable bonds is 5. The third-order valence-corrected chi connectivity index (χ3v) is 4.35. The molecule has 3 rings (SSSR count). The number of nitrogens with one attached hydrogen (secondary N) is 2. The lowest BCUT2D eigenvalue weighted by molar-refractivity contribution is 0.102. The molecule has 0 fully saturated rings. The maximum Gasteiger partial charge on any atom is 0.258 e. The Morgan fingerprint density at radius 3 is 2.37 bits per heavy atom. The van der Waals surface area contributed by atoms with Crippen molar-refractivity contribution < 1.29 is 4.79 Å². The molecule has 1 amide bonds. The minimum Gasteiger partial charge on any atom is -0.324 e. The van der Waals surface area contributed by atoms with E-state index in [1.165, 1.54) is 18.0 Å². The van der Waals surface area contributed by atoms with Gasteiger partial charge in [0.15, 0.2) is 0 Å². The average molecular weight is 360 g/mol. The molecule has 0 saturated carbocycles. The Morgan fingerprint density at radius 2 is 1.70 bits per heavy atom. The molecule has 0 unspecified atom stereocenters. The molecule has 0 saturated heterocycles. The Labute approximate surface area is 159 Å². The fourth-order valence-electron chi connectivity index (χ4n) is 2.89. The number of hydrogen-bond acceptors (Lipinski definition) is 4. The number of carbonyl (C=O) groups is 1. The Balaban J connectivity index is 1.75. The van der Waals surface area contributed by atoms with Gasteiger partial charge < -0.3 is 10.6 Å². The summed E-state index contributed by atoms with van der Waals surface area (Å²) in [6.07, 6.45) is 3.07. The van der Waals surface area contributed by atoms with E-state index >= 15 is 0 Å². The highest BCUT2D eigenvalue weighted by atomic mass is 16.1. The van der Waals surface area contributed by atoms with Crippen molar-refractivity contribution in [2.45, 2.75) is 33.6 Å². The van der Waals surface area contributed by atoms with E-state index in [4.69, 9.17) is 0 Å². The van der Waals surface area contributed by atoms with Crippen LogP contribution >= 0.6 is 0 Å². The molecule has 27 heavy (non-hydrogen) atoms. The van der Waals surface area contributed by atoms with E-state index in [1.54, 1.807) is 0 Å². The predicted molar refractivity (Wildman–Crippen MR) is 110 cm³/mol. The van der Waals surface area contributed by atoms with Crippen LogP contribution in [0.1, 0.15) is 46.8 Å². The molecule has 5 nitrogen and oxygen atoms in total. The smallest absolute Gasteiger partial charge is 0.258 e. The lowest BCUT2D eigenvalue weighted by atomic mass is 9.98. The summed E-state index contributed by atoms with van der Waals surface area (Å²) < 4.78 is 0. The SMILES string of the molecule is Cc1cccc(NC(=O)c2cnc(Nc3c(C)cccc3C(C)C)nc2)c1. The second-order valence-corrected chi connectivity index (χ2v) is 6.94. The maximum absolute atomic E-state index is 12.4. The van der Waals surface area contributed by atoms with Crippen molar-refractivity contribution in [1.29, 1.82) is 0 Å². The highest BCUT2D eigenvalue weighted by Crippen LogP contribution is 2.29. The molecule has 0 aliphatic heterocycles. The summed E-state index contributed by atoms with van der Waals surface area (Å²) in [6.45, 7) is 8.34. The maximum atomic E-state index is 12.4. The van der Waals surface area contributed by atoms with Gasteiger partial charge >= 0.3 is 0 Å². The lowest BCUT2D eigenvalue weighted by Gasteiger charge is -2.16. The summed E-state index contributed by atoms with van der Waals surface area (Å²) in [5, 5.41) is 6.15. The number of aromatic nitrogens is 2. The zero-order chi connectivity index (χ0) is 19.4. The largest absolute Gasteiger partial charge is 0.324 e. The topological polar surface area (TPSA) is 66.9 Å². The van der Waals surface area contributed by atoms with Gasteiger partial charge in [-0.05, 0) is 48.6 Å². The van der Waals surface area contributed by atoms with Crippen molar-refractivity contribution in [3.63, 3.8) is 0 Å². The van der Waals surface area contributed by atoms with Crippen LogP contribution in [0.2, 0.25) is 0 Å². The van der Waals surface area contributed by atoms with Gasteiger partial charge in [-0.15, -0.1) is 0 Å². The Bertz CT molecular complexity index is 949. The summed E-state index contributed by atoms with van der Waals surface area (Å²) in [7, 11) is 0. The fraction of sp³-hybridized carbons (Fsp3) is 0.227. The van der Waals surface area contributed by atoms with Crippen LogP contribution in [0.25, 0.3) is 0 Å². The molecule has 138 valence electrons. The predicted octanol–water partition coefficient (Wildman–Crippen LogP) is 5.21. The summed E-state index contributed by atoms with van der Waals surface area (Å²) in [5.74, 6) is 0.621. The van der Waals surface area contributed by atoms with Crippen LogP contribution in [-0.2, 0) is 0 Å². The number of benzene rings is 2. The number of amides is 1. The minimum atomic E-state index is -0.231. The number of nitrogens with zero attached hydrogens (tertiary/aromatic N) is 2. The molecule has 5 heteroatoms. The normalized spacial score (nSPS) is 10.7. The van der Waals surface area contributed by atoms with Crippen LogP contribution in [0.4, 0.5) is 17.3 Å². The molecule has 0 bridgehead atoms. The second-order valence-electron chi connectivity index (χ2n) is 6.94. The first kappa shape index (κ1) is 18.6. The van der Waals surface area contributed by atoms with E-state index in [1.807, 2.05) is 31.2 Å². The van der Waals surface area contributed by atoms with Gasteiger partial charge in [-0.1, -0.05) is 44.2 Å². The molecule has 3 aromatic rings. The third-order valence-electron chi connectivity index (χ3n) is 4.35. The molecule has 2 N–H and O–H groups in total. The van der Waals surface area contributed by atoms with Crippen molar-refractivity contribution >= 4 is 23.2 Å². The van der Waals surface area contributed by atoms with Crippen molar-refractivity contribution in [3.8, 4) is 0 Å². The van der Waals surface area contributed by atoms with Crippen molar-refractivity contribution in [1.82, 2.24) is 9.97 Å². The third kappa shape index (κ3) is 4.50. The summed E-state index contributed by atoms with van der Waals surface area (Å²) in [4.78, 5) is 21.0. The molecule has 2 aromatic carbocycles. The first-order valence-corrected chi connectivity index (χ1v) is 9.00. The molecule has 1 aromatic heterocycles. The van der Waals surface area contributed by atoms with Crippen LogP contribution in [0.15, 0.2) is 54.9 Å². The van der Waals surface area contributed by atoms with Crippen LogP contribution in [-0.4, -0.2) is 15.9 Å². The fourth-order valence-corrected chi connectivity index (χ4v) is 2.89. The zero-order valence-corrected chi connectivity index (χ0v) is 16.1. The first-order chi connectivity index (χ1) is 12.9. The van der Waals surface area contributed by atoms with Gasteiger partial charge in [-0.25, -0.2) is 9.97 Å². The molecular weight excluding hydrogens is 336 g/mol. The van der Waals surface area contributed by atoms with Crippen molar-refractivity contribution in [2.24, 2.45) is 0 Å². The van der Waals surface area contributed by atoms with Gasteiger partial charge in [-0.3, -0.25) is 4.79 Å². The monoisotopic (exact) mass is 360 g/mol. The van der Waals surface area contributed by atoms with Gasteiger partial charge in [0.2, 0.25) is 5.95 Å². The molecule has 0 atom stereocenters. The average Bonchev–Trinajstić information content (AvgIpc) is 2.63. The summed E-state index contributed by atoms with van der Waals surface area (Å²) in [5.41, 5.74) is 5.61. The number of hydrogen-bond donors (Lipinski definition) is 2. The van der Waals surface area contributed by atoms with Gasteiger partial charge in [-0.2, -0.15) is 0 Å². The Kier molecular flexibility index (Phi) is 5.50. The van der Waals surface area contributed by atoms with E-state index in [0.29, 0.717) is 17.4 Å². The second kappa shape index (κ2) is 7.99. The van der Waals surface area contributed by atoms with Crippen molar-refractivity contribution in [2.75, 3.05) is 10.6 Å². The quantitative estimate of drug-likeness (QED) is 0.655. The van der Waals surface area contributed by atoms with Crippen molar-refractivity contribution in [3.05, 3.63) is 77.1 Å². The summed E-state index contributed by atoms with van der Waals surface area (Å²) in [6, 6.07) is 13.9. The lowest BCUT2D eigenvalue weighted by Crippen LogP contribution is -2.13. The standard InChI is InChI=1S/C22H24N4O/c1-14(2)19-10-6-8-16(4)20(19)26-22-23-12-17(13-24-22)21(27)25-18-9-5-7-15(3)11-18/h5-14H,1-4H3,(H,25,27)(H,23,24,26). The van der Waals surface area contributed by atoms with Gasteiger partial charge in [0, 0.05) is 23.8 Å². The highest BCUT2D eigenvalue weighted by Gasteiger charge is 2.12. The van der Waals surface area contributed by atoms with E-state index < -0.39 is 0 Å². The molecule has 0 spiro atoms. The van der Waals surface area contributed by atoms with E-state index in [-0.39, 0.29) is 5.91 Å². The van der Waals surface area contributed by atoms with E-state index in [9.17, 15) is 4.79 Å². The van der Waals surface area contributed by atoms with Crippen LogP contribution in [0.5, 0.6) is 0 Å². The Hall–Kier alpha value is -3.21. The van der Waals surface area contributed by atoms with E-state index in [2.05, 4.69) is 59.6 Å². The molecule has 0 aliphatic rings. The van der Waals surface area contributed by atoms with Gasteiger partial charge in [0.25, 0.3) is 5.91 Å². The molecule has 0 aliphatic carbocycles. The van der Waals surface area contributed by atoms with Crippen LogP contribution < -0.4 is 10.6 Å². The molecular formula is C22H24N4O. The van der Waals surface area contributed by atoms with Crippen LogP contribution in [0.3, 0.4) is 0 Å². The zero-order valence-electron chi connectivity index (χ0n) is 16.1. The number of aryl methyl sites for hydroxylation is 2. The summed E-state index contributed by atoms with van der Waals surface area (Å²) >= 11 is 0. The molecule has 1 heterocycles. The number of carbonyl (C=O) groups excluding carboxylic acids is 1. The minimum absolute atomic E-state index is 0.231. The van der Waals surface area contributed by atoms with E-state index in [0.717, 1.165) is 22.5 Å². The highest BCUT2D eigenvalue weighted by molar-refractivity contribution is 6.03. The van der Waals surface area contributed by atoms with Crippen LogP contribution in [0, 0.1) is 13.8 Å². The number of anilines is 3. The van der Waals surface area contributed by atoms with Gasteiger partial charge in [0.1, 0.15) is 0 Å². The molecule has 0 radical (unpaired) electrons.